The number of halogens is 1. The molecule has 0 aliphatic heterocycles. The normalized spacial score (nSPS) is 11.0. The molecule has 3 rings (SSSR count). The van der Waals surface area contributed by atoms with E-state index in [1.165, 1.54) is 0 Å². The standard InChI is InChI=1S/C14H11BrN2O/c1-9-5-4-8-12-13(9)16-14(18)17(12)11-7-3-2-6-10(11)15/h2-8H,1H3,(H,16,18). The van der Waals surface area contributed by atoms with Gasteiger partial charge in [0.05, 0.1) is 16.7 Å². The lowest BCUT2D eigenvalue weighted by Crippen LogP contribution is -2.14. The van der Waals surface area contributed by atoms with Crippen molar-refractivity contribution < 1.29 is 0 Å². The summed E-state index contributed by atoms with van der Waals surface area (Å²) in [6, 6.07) is 13.6. The van der Waals surface area contributed by atoms with Crippen LogP contribution >= 0.6 is 15.9 Å². The van der Waals surface area contributed by atoms with Crippen LogP contribution in [0.1, 0.15) is 5.56 Å². The molecule has 0 saturated carbocycles. The maximum atomic E-state index is 12.1. The summed E-state index contributed by atoms with van der Waals surface area (Å²) in [5.41, 5.74) is 3.58. The predicted octanol–water partition coefficient (Wildman–Crippen LogP) is 3.39. The molecule has 1 N–H and O–H groups in total. The van der Waals surface area contributed by atoms with Gasteiger partial charge in [-0.1, -0.05) is 24.3 Å². The van der Waals surface area contributed by atoms with Gasteiger partial charge in [0, 0.05) is 4.47 Å². The molecule has 0 atom stereocenters. The maximum absolute atomic E-state index is 12.1. The van der Waals surface area contributed by atoms with Gasteiger partial charge in [0.15, 0.2) is 0 Å². The number of aromatic nitrogens is 2. The van der Waals surface area contributed by atoms with Gasteiger partial charge in [0.25, 0.3) is 0 Å². The fraction of sp³-hybridized carbons (Fsp3) is 0.0714. The Labute approximate surface area is 112 Å². The van der Waals surface area contributed by atoms with Crippen LogP contribution in [0, 0.1) is 6.92 Å². The van der Waals surface area contributed by atoms with Crippen LogP contribution < -0.4 is 5.69 Å². The SMILES string of the molecule is Cc1cccc2c1[nH]c(=O)n2-c1ccccc1Br. The number of nitrogens with one attached hydrogen (secondary N) is 1. The summed E-state index contributed by atoms with van der Waals surface area (Å²) in [5.74, 6) is 0. The molecule has 0 bridgehead atoms. The number of H-pyrrole nitrogens is 1. The average molecular weight is 303 g/mol. The largest absolute Gasteiger partial charge is 0.331 e. The molecule has 3 aromatic rings. The first kappa shape index (κ1) is 11.3. The lowest BCUT2D eigenvalue weighted by molar-refractivity contribution is 1.01. The molecule has 2 aromatic carbocycles. The summed E-state index contributed by atoms with van der Waals surface area (Å²) in [7, 11) is 0. The van der Waals surface area contributed by atoms with E-state index >= 15 is 0 Å². The van der Waals surface area contributed by atoms with Crippen molar-refractivity contribution in [3.63, 3.8) is 0 Å². The minimum absolute atomic E-state index is 0.119. The molecule has 0 aliphatic carbocycles. The molecule has 0 unspecified atom stereocenters. The minimum atomic E-state index is -0.119. The number of rotatable bonds is 1. The predicted molar refractivity (Wildman–Crippen MR) is 76.3 cm³/mol. The Morgan fingerprint density at radius 1 is 1.11 bits per heavy atom. The van der Waals surface area contributed by atoms with Crippen molar-refractivity contribution in [3.05, 3.63) is 63.0 Å². The number of imidazole rings is 1. The van der Waals surface area contributed by atoms with E-state index in [1.807, 2.05) is 49.4 Å². The summed E-state index contributed by atoms with van der Waals surface area (Å²) in [6.45, 7) is 1.99. The number of hydrogen-bond donors (Lipinski definition) is 1. The van der Waals surface area contributed by atoms with Gasteiger partial charge in [0.1, 0.15) is 0 Å². The van der Waals surface area contributed by atoms with E-state index in [-0.39, 0.29) is 5.69 Å². The fourth-order valence-electron chi connectivity index (χ4n) is 2.15. The van der Waals surface area contributed by atoms with Crippen LogP contribution in [0.15, 0.2) is 51.7 Å². The smallest absolute Gasteiger partial charge is 0.305 e. The molecule has 0 radical (unpaired) electrons. The quantitative estimate of drug-likeness (QED) is 0.735. The Morgan fingerprint density at radius 2 is 1.89 bits per heavy atom. The van der Waals surface area contributed by atoms with Gasteiger partial charge in [-0.25, -0.2) is 4.79 Å². The molecule has 0 fully saturated rings. The van der Waals surface area contributed by atoms with Gasteiger partial charge < -0.3 is 4.98 Å². The molecule has 0 amide bonds. The van der Waals surface area contributed by atoms with Gasteiger partial charge in [0.2, 0.25) is 0 Å². The number of aryl methyl sites for hydroxylation is 1. The van der Waals surface area contributed by atoms with Crippen LogP contribution in [0.25, 0.3) is 16.7 Å². The molecule has 0 saturated heterocycles. The molecule has 1 heterocycles. The molecule has 18 heavy (non-hydrogen) atoms. The highest BCUT2D eigenvalue weighted by Crippen LogP contribution is 2.23. The van der Waals surface area contributed by atoms with Crippen LogP contribution in [0.2, 0.25) is 0 Å². The van der Waals surface area contributed by atoms with E-state index in [2.05, 4.69) is 20.9 Å². The first-order chi connectivity index (χ1) is 8.68. The van der Waals surface area contributed by atoms with Crippen molar-refractivity contribution >= 4 is 27.0 Å². The highest BCUT2D eigenvalue weighted by molar-refractivity contribution is 9.10. The van der Waals surface area contributed by atoms with E-state index in [1.54, 1.807) is 4.57 Å². The highest BCUT2D eigenvalue weighted by atomic mass is 79.9. The summed E-state index contributed by atoms with van der Waals surface area (Å²) < 4.78 is 2.58. The zero-order chi connectivity index (χ0) is 12.7. The lowest BCUT2D eigenvalue weighted by Gasteiger charge is -2.05. The van der Waals surface area contributed by atoms with Crippen molar-refractivity contribution in [2.45, 2.75) is 6.92 Å². The second-order valence-corrected chi connectivity index (χ2v) is 5.04. The molecule has 1 aromatic heterocycles. The van der Waals surface area contributed by atoms with Gasteiger partial charge in [-0.3, -0.25) is 4.57 Å². The third kappa shape index (κ3) is 1.61. The van der Waals surface area contributed by atoms with Crippen LogP contribution in [-0.4, -0.2) is 9.55 Å². The van der Waals surface area contributed by atoms with Gasteiger partial charge in [-0.2, -0.15) is 0 Å². The summed E-state index contributed by atoms with van der Waals surface area (Å²) in [6.07, 6.45) is 0. The van der Waals surface area contributed by atoms with Crippen molar-refractivity contribution in [1.82, 2.24) is 9.55 Å². The number of nitrogens with zero attached hydrogens (tertiary/aromatic N) is 1. The fourth-order valence-corrected chi connectivity index (χ4v) is 2.61. The lowest BCUT2D eigenvalue weighted by atomic mass is 10.2. The summed E-state index contributed by atoms with van der Waals surface area (Å²) in [5, 5.41) is 0. The van der Waals surface area contributed by atoms with Crippen LogP contribution in [-0.2, 0) is 0 Å². The second kappa shape index (κ2) is 4.14. The van der Waals surface area contributed by atoms with E-state index < -0.39 is 0 Å². The van der Waals surface area contributed by atoms with Crippen molar-refractivity contribution in [1.29, 1.82) is 0 Å². The molecular weight excluding hydrogens is 292 g/mol. The van der Waals surface area contributed by atoms with Crippen molar-refractivity contribution in [2.24, 2.45) is 0 Å². The number of fused-ring (bicyclic) bond motifs is 1. The molecule has 0 aliphatic rings. The van der Waals surface area contributed by atoms with E-state index in [4.69, 9.17) is 0 Å². The number of aromatic amines is 1. The first-order valence-electron chi connectivity index (χ1n) is 5.64. The van der Waals surface area contributed by atoms with Gasteiger partial charge in [-0.05, 0) is 46.6 Å². The highest BCUT2D eigenvalue weighted by Gasteiger charge is 2.11. The summed E-state index contributed by atoms with van der Waals surface area (Å²) in [4.78, 5) is 15.0. The van der Waals surface area contributed by atoms with Crippen molar-refractivity contribution in [3.8, 4) is 5.69 Å². The Hall–Kier alpha value is -1.81. The Morgan fingerprint density at radius 3 is 2.67 bits per heavy atom. The van der Waals surface area contributed by atoms with Crippen molar-refractivity contribution in [2.75, 3.05) is 0 Å². The number of benzene rings is 2. The molecule has 4 heteroatoms. The zero-order valence-electron chi connectivity index (χ0n) is 9.77. The van der Waals surface area contributed by atoms with E-state index in [9.17, 15) is 4.79 Å². The zero-order valence-corrected chi connectivity index (χ0v) is 11.4. The van der Waals surface area contributed by atoms with Gasteiger partial charge in [-0.15, -0.1) is 0 Å². The van der Waals surface area contributed by atoms with E-state index in [0.29, 0.717) is 0 Å². The Bertz CT molecular complexity index is 786. The first-order valence-corrected chi connectivity index (χ1v) is 6.43. The van der Waals surface area contributed by atoms with Crippen LogP contribution in [0.4, 0.5) is 0 Å². The van der Waals surface area contributed by atoms with Crippen LogP contribution in [0.5, 0.6) is 0 Å². The number of para-hydroxylation sites is 2. The summed E-state index contributed by atoms with van der Waals surface area (Å²) >= 11 is 3.48. The second-order valence-electron chi connectivity index (χ2n) is 4.19. The third-order valence-corrected chi connectivity index (χ3v) is 3.69. The maximum Gasteiger partial charge on any atom is 0.331 e. The third-order valence-electron chi connectivity index (χ3n) is 3.02. The topological polar surface area (TPSA) is 37.8 Å². The van der Waals surface area contributed by atoms with E-state index in [0.717, 1.165) is 26.8 Å². The Kier molecular flexibility index (Phi) is 2.59. The molecular formula is C14H11BrN2O. The Balaban J connectivity index is 2.44. The molecule has 3 nitrogen and oxygen atoms in total. The minimum Gasteiger partial charge on any atom is -0.305 e. The monoisotopic (exact) mass is 302 g/mol. The average Bonchev–Trinajstić information content (AvgIpc) is 2.68. The number of hydrogen-bond acceptors (Lipinski definition) is 1. The molecule has 90 valence electrons. The van der Waals surface area contributed by atoms with Gasteiger partial charge >= 0.3 is 5.69 Å². The van der Waals surface area contributed by atoms with Crippen LogP contribution in [0.3, 0.4) is 0 Å². The molecule has 0 spiro atoms.